The summed E-state index contributed by atoms with van der Waals surface area (Å²) < 4.78 is 53.5. The van der Waals surface area contributed by atoms with Gasteiger partial charge in [-0.2, -0.15) is 0 Å². The molecule has 0 spiro atoms. The molecule has 0 saturated carbocycles. The molecule has 34 heavy (non-hydrogen) atoms. The van der Waals surface area contributed by atoms with Crippen molar-refractivity contribution in [2.75, 3.05) is 20.3 Å². The Morgan fingerprint density at radius 1 is 1.12 bits per heavy atom. The minimum Gasteiger partial charge on any atom is -0.331 e. The number of imidazole rings is 1. The fourth-order valence-corrected chi connectivity index (χ4v) is 6.51. The van der Waals surface area contributed by atoms with Gasteiger partial charge in [-0.15, -0.1) is 0 Å². The maximum absolute atomic E-state index is 14.8. The Morgan fingerprint density at radius 3 is 2.62 bits per heavy atom. The zero-order valence-corrected chi connectivity index (χ0v) is 20.1. The number of carbonyl (C=O) groups is 1. The van der Waals surface area contributed by atoms with E-state index in [2.05, 4.69) is 0 Å². The average Bonchev–Trinajstić information content (AvgIpc) is 3.30. The third-order valence-corrected chi connectivity index (χ3v) is 8.63. The van der Waals surface area contributed by atoms with Crippen LogP contribution in [0.3, 0.4) is 0 Å². The lowest BCUT2D eigenvalue weighted by Crippen LogP contribution is -2.30. The largest absolute Gasteiger partial charge is 0.331 e. The van der Waals surface area contributed by atoms with Gasteiger partial charge in [-0.3, -0.25) is 4.79 Å². The average molecular weight is 497 g/mol. The molecule has 3 heterocycles. The van der Waals surface area contributed by atoms with Crippen molar-refractivity contribution >= 4 is 41.0 Å². The highest BCUT2D eigenvalue weighted by atomic mass is 35.5. The number of amides is 1. The molecule has 3 aromatic carbocycles. The second kappa shape index (κ2) is 7.27. The van der Waals surface area contributed by atoms with E-state index in [0.29, 0.717) is 33.9 Å². The molecule has 0 unspecified atom stereocenters. The first-order chi connectivity index (χ1) is 17.4. The summed E-state index contributed by atoms with van der Waals surface area (Å²) in [5.74, 6) is -0.639. The lowest BCUT2D eigenvalue weighted by molar-refractivity contribution is 0.0734. The van der Waals surface area contributed by atoms with Crippen molar-refractivity contribution in [1.82, 2.24) is 14.5 Å². The summed E-state index contributed by atoms with van der Waals surface area (Å²) in [6, 6.07) is 14.0. The van der Waals surface area contributed by atoms with E-state index < -0.39 is 37.9 Å². The molecule has 2 bridgehead atoms. The standard InChI is InChI=1S/C26H22ClFN3O2P/c1-30-22-13-21(24-16(26(30)32)5-4-6-17(24)27)31-20-12-15(7-9-19(20)29-25(22)31)14-8-10-23(18(28)11-14)34(2,3)33/h4-12,21-22H,13H2,1-3H3/t21-,22-/m1/s1/i1D3. The fourth-order valence-electron chi connectivity index (χ4n) is 5.20. The molecule has 2 aliphatic rings. The van der Waals surface area contributed by atoms with Gasteiger partial charge in [0.25, 0.3) is 5.91 Å². The SMILES string of the molecule is [2H]C([2H])([2H])N1C(=O)c2cccc(Cl)c2[C@H]2C[C@@H]1c1nc3ccc(-c4ccc(P(C)(C)=O)c(F)c4)cc3n12. The summed E-state index contributed by atoms with van der Waals surface area (Å²) in [6.45, 7) is 0.388. The number of nitrogens with zero attached hydrogens (tertiary/aromatic N) is 3. The van der Waals surface area contributed by atoms with Crippen molar-refractivity contribution < 1.29 is 17.9 Å². The summed E-state index contributed by atoms with van der Waals surface area (Å²) in [6.07, 6.45) is 0.328. The first kappa shape index (κ1) is 18.4. The molecule has 4 aromatic rings. The Morgan fingerprint density at radius 2 is 1.88 bits per heavy atom. The van der Waals surface area contributed by atoms with Crippen molar-refractivity contribution in [2.24, 2.45) is 0 Å². The molecule has 0 fully saturated rings. The van der Waals surface area contributed by atoms with Crippen molar-refractivity contribution in [3.05, 3.63) is 82.4 Å². The second-order valence-electron chi connectivity index (χ2n) is 9.20. The summed E-state index contributed by atoms with van der Waals surface area (Å²) in [5.41, 5.74) is 3.54. The number of hydrogen-bond acceptors (Lipinski definition) is 3. The first-order valence-corrected chi connectivity index (χ1v) is 13.8. The molecule has 1 amide bonds. The summed E-state index contributed by atoms with van der Waals surface area (Å²) in [5, 5.41) is 0.586. The van der Waals surface area contributed by atoms with Gasteiger partial charge in [-0.25, -0.2) is 9.37 Å². The molecule has 172 valence electrons. The number of aromatic nitrogens is 2. The molecular weight excluding hydrogens is 472 g/mol. The number of rotatable bonds is 2. The Labute approximate surface area is 205 Å². The quantitative estimate of drug-likeness (QED) is 0.326. The van der Waals surface area contributed by atoms with Crippen molar-refractivity contribution in [1.29, 1.82) is 0 Å². The number of halogens is 2. The Kier molecular flexibility index (Phi) is 3.93. The van der Waals surface area contributed by atoms with Crippen LogP contribution in [0.4, 0.5) is 4.39 Å². The van der Waals surface area contributed by atoms with Crippen LogP contribution >= 0.6 is 18.7 Å². The first-order valence-electron chi connectivity index (χ1n) is 12.4. The Balaban J connectivity index is 1.57. The van der Waals surface area contributed by atoms with Crippen molar-refractivity contribution in [3.63, 3.8) is 0 Å². The smallest absolute Gasteiger partial charge is 0.254 e. The van der Waals surface area contributed by atoms with Crippen LogP contribution in [0, 0.1) is 5.82 Å². The number of hydrogen-bond donors (Lipinski definition) is 0. The fraction of sp³-hybridized carbons (Fsp3) is 0.231. The van der Waals surface area contributed by atoms with E-state index >= 15 is 0 Å². The summed E-state index contributed by atoms with van der Waals surface area (Å²) in [4.78, 5) is 19.1. The highest BCUT2D eigenvalue weighted by Gasteiger charge is 2.44. The van der Waals surface area contributed by atoms with Crippen LogP contribution in [0.5, 0.6) is 0 Å². The van der Waals surface area contributed by atoms with Gasteiger partial charge in [0.05, 0.1) is 23.1 Å². The van der Waals surface area contributed by atoms with Crippen LogP contribution < -0.4 is 5.30 Å². The Bertz CT molecular complexity index is 1680. The van der Waals surface area contributed by atoms with E-state index in [9.17, 15) is 13.8 Å². The predicted octanol–water partition coefficient (Wildman–Crippen LogP) is 5.86. The van der Waals surface area contributed by atoms with E-state index in [1.807, 2.05) is 16.7 Å². The zero-order chi connectivity index (χ0) is 26.4. The van der Waals surface area contributed by atoms with Crippen molar-refractivity contribution in [3.8, 4) is 11.1 Å². The molecule has 8 heteroatoms. The van der Waals surface area contributed by atoms with Crippen LogP contribution in [0.15, 0.2) is 54.6 Å². The maximum atomic E-state index is 14.8. The topological polar surface area (TPSA) is 55.2 Å². The maximum Gasteiger partial charge on any atom is 0.254 e. The predicted molar refractivity (Wildman–Crippen MR) is 133 cm³/mol. The molecule has 2 aliphatic heterocycles. The third-order valence-electron chi connectivity index (χ3n) is 6.78. The lowest BCUT2D eigenvalue weighted by Gasteiger charge is -2.24. The summed E-state index contributed by atoms with van der Waals surface area (Å²) in [7, 11) is -2.76. The highest BCUT2D eigenvalue weighted by molar-refractivity contribution is 7.70. The van der Waals surface area contributed by atoms with E-state index in [-0.39, 0.29) is 10.9 Å². The van der Waals surface area contributed by atoms with Crippen LogP contribution in [0.2, 0.25) is 5.02 Å². The molecule has 0 saturated heterocycles. The molecule has 2 atom stereocenters. The number of benzene rings is 3. The molecule has 0 aliphatic carbocycles. The molecule has 0 radical (unpaired) electrons. The van der Waals surface area contributed by atoms with Crippen LogP contribution in [-0.2, 0) is 4.57 Å². The van der Waals surface area contributed by atoms with Gasteiger partial charge in [-0.1, -0.05) is 29.8 Å². The van der Waals surface area contributed by atoms with Crippen LogP contribution in [0.25, 0.3) is 22.2 Å². The van der Waals surface area contributed by atoms with Gasteiger partial charge in [-0.05, 0) is 60.9 Å². The van der Waals surface area contributed by atoms with E-state index in [1.165, 1.54) is 19.4 Å². The van der Waals surface area contributed by atoms with Crippen molar-refractivity contribution in [2.45, 2.75) is 18.5 Å². The normalized spacial score (nSPS) is 21.0. The Hall–Kier alpha value is -2.95. The molecule has 6 rings (SSSR count). The van der Waals surface area contributed by atoms with Gasteiger partial charge in [0, 0.05) is 39.0 Å². The molecule has 1 aromatic heterocycles. The molecule has 0 N–H and O–H groups in total. The van der Waals surface area contributed by atoms with Crippen LogP contribution in [-0.4, -0.2) is 40.7 Å². The number of carbonyl (C=O) groups excluding carboxylic acids is 1. The van der Waals surface area contributed by atoms with E-state index in [4.69, 9.17) is 20.7 Å². The minimum absolute atomic E-state index is 0.202. The van der Waals surface area contributed by atoms with Gasteiger partial charge >= 0.3 is 0 Å². The second-order valence-corrected chi connectivity index (χ2v) is 12.8. The van der Waals surface area contributed by atoms with Gasteiger partial charge in [0.2, 0.25) is 0 Å². The van der Waals surface area contributed by atoms with Gasteiger partial charge in [0.15, 0.2) is 0 Å². The van der Waals surface area contributed by atoms with Gasteiger partial charge < -0.3 is 14.0 Å². The third kappa shape index (κ3) is 3.02. The zero-order valence-electron chi connectivity index (χ0n) is 21.4. The van der Waals surface area contributed by atoms with Gasteiger partial charge in [0.1, 0.15) is 18.8 Å². The van der Waals surface area contributed by atoms with Crippen LogP contribution in [0.1, 0.15) is 44.4 Å². The lowest BCUT2D eigenvalue weighted by atomic mass is 9.98. The highest BCUT2D eigenvalue weighted by Crippen LogP contribution is 2.49. The number of fused-ring (bicyclic) bond motifs is 9. The van der Waals surface area contributed by atoms with E-state index in [1.54, 1.807) is 36.4 Å². The molecular formula is C26H22ClFN3O2P. The molecule has 5 nitrogen and oxygen atoms in total. The minimum atomic E-state index is -2.76. The monoisotopic (exact) mass is 496 g/mol. The summed E-state index contributed by atoms with van der Waals surface area (Å²) >= 11 is 6.61. The van der Waals surface area contributed by atoms with E-state index in [0.717, 1.165) is 16.0 Å².